The summed E-state index contributed by atoms with van der Waals surface area (Å²) in [6.07, 6.45) is -3.36. The first-order valence-electron chi connectivity index (χ1n) is 7.99. The first-order valence-corrected chi connectivity index (χ1v) is 8.37. The number of amides is 1. The maximum Gasteiger partial charge on any atom is 0.416 e. The van der Waals surface area contributed by atoms with Gasteiger partial charge in [-0.25, -0.2) is 0 Å². The van der Waals surface area contributed by atoms with Gasteiger partial charge in [-0.15, -0.1) is 0 Å². The van der Waals surface area contributed by atoms with Gasteiger partial charge in [-0.2, -0.15) is 13.2 Å². The molecule has 4 nitrogen and oxygen atoms in total. The van der Waals surface area contributed by atoms with Crippen LogP contribution in [0.25, 0.3) is 0 Å². The highest BCUT2D eigenvalue weighted by Gasteiger charge is 2.56. The van der Waals surface area contributed by atoms with Gasteiger partial charge in [0.05, 0.1) is 16.9 Å². The highest BCUT2D eigenvalue weighted by molar-refractivity contribution is 6.32. The van der Waals surface area contributed by atoms with Gasteiger partial charge >= 0.3 is 12.1 Å². The Balaban J connectivity index is 1.93. The highest BCUT2D eigenvalue weighted by Crippen LogP contribution is 2.53. The van der Waals surface area contributed by atoms with E-state index in [0.29, 0.717) is 19.3 Å². The lowest BCUT2D eigenvalue weighted by molar-refractivity contribution is -0.143. The topological polar surface area (TPSA) is 57.6 Å². The fourth-order valence-corrected chi connectivity index (χ4v) is 3.92. The Kier molecular flexibility index (Phi) is 4.26. The molecular formula is C17H17ClF3NO3. The Morgan fingerprint density at radius 2 is 1.96 bits per heavy atom. The minimum absolute atomic E-state index is 0.125. The number of hydrogen-bond donors (Lipinski definition) is 1. The first-order chi connectivity index (χ1) is 11.6. The molecule has 1 amide bonds. The van der Waals surface area contributed by atoms with Crippen molar-refractivity contribution in [2.24, 2.45) is 5.92 Å². The van der Waals surface area contributed by atoms with Crippen molar-refractivity contribution in [3.05, 3.63) is 34.3 Å². The van der Waals surface area contributed by atoms with E-state index in [-0.39, 0.29) is 23.0 Å². The van der Waals surface area contributed by atoms with E-state index < -0.39 is 35.1 Å². The second-order valence-electron chi connectivity index (χ2n) is 6.75. The number of benzene rings is 1. The van der Waals surface area contributed by atoms with Crippen molar-refractivity contribution >= 4 is 23.5 Å². The molecule has 1 aliphatic heterocycles. The van der Waals surface area contributed by atoms with Gasteiger partial charge in [0.2, 0.25) is 5.91 Å². The predicted molar refractivity (Wildman–Crippen MR) is 84.3 cm³/mol. The predicted octanol–water partition coefficient (Wildman–Crippen LogP) is 3.71. The van der Waals surface area contributed by atoms with Gasteiger partial charge in [0.25, 0.3) is 0 Å². The standard InChI is InChI=1S/C17H17ClF3NO3/c1-9-11(14(23)24)4-7-22(9)15(25)16(5-6-16)12-8-10(17(19,20)21)2-3-13(12)18/h2-3,8-9,11H,4-7H2,1H3,(H,23,24). The molecule has 1 heterocycles. The van der Waals surface area contributed by atoms with E-state index in [1.54, 1.807) is 6.92 Å². The Morgan fingerprint density at radius 1 is 1.32 bits per heavy atom. The fourth-order valence-electron chi connectivity index (χ4n) is 3.62. The van der Waals surface area contributed by atoms with Gasteiger partial charge in [-0.3, -0.25) is 9.59 Å². The quantitative estimate of drug-likeness (QED) is 0.876. The number of halogens is 4. The van der Waals surface area contributed by atoms with Crippen molar-refractivity contribution in [1.29, 1.82) is 0 Å². The van der Waals surface area contributed by atoms with E-state index in [9.17, 15) is 27.9 Å². The number of nitrogens with zero attached hydrogens (tertiary/aromatic N) is 1. The van der Waals surface area contributed by atoms with Crippen molar-refractivity contribution in [2.75, 3.05) is 6.54 Å². The van der Waals surface area contributed by atoms with Gasteiger partial charge in [0, 0.05) is 17.6 Å². The molecule has 3 rings (SSSR count). The number of alkyl halides is 3. The molecule has 136 valence electrons. The van der Waals surface area contributed by atoms with Crippen LogP contribution in [0.15, 0.2) is 18.2 Å². The number of carbonyl (C=O) groups excluding carboxylic acids is 1. The largest absolute Gasteiger partial charge is 0.481 e. The normalized spacial score (nSPS) is 25.1. The number of rotatable bonds is 3. The number of carbonyl (C=O) groups is 2. The van der Waals surface area contributed by atoms with E-state index in [0.717, 1.165) is 12.1 Å². The van der Waals surface area contributed by atoms with Crippen LogP contribution in [0.3, 0.4) is 0 Å². The van der Waals surface area contributed by atoms with Crippen LogP contribution >= 0.6 is 11.6 Å². The Morgan fingerprint density at radius 3 is 2.44 bits per heavy atom. The molecule has 2 fully saturated rings. The number of carboxylic acid groups (broad SMARTS) is 1. The minimum atomic E-state index is -4.52. The summed E-state index contributed by atoms with van der Waals surface area (Å²) in [6.45, 7) is 1.95. The summed E-state index contributed by atoms with van der Waals surface area (Å²) in [5.41, 5.74) is -1.73. The molecule has 1 aromatic carbocycles. The van der Waals surface area contributed by atoms with Crippen LogP contribution < -0.4 is 0 Å². The second-order valence-corrected chi connectivity index (χ2v) is 7.15. The van der Waals surface area contributed by atoms with Gasteiger partial charge in [0.1, 0.15) is 0 Å². The molecule has 2 aliphatic rings. The van der Waals surface area contributed by atoms with Crippen LogP contribution in [0.5, 0.6) is 0 Å². The summed E-state index contributed by atoms with van der Waals surface area (Å²) in [4.78, 5) is 25.7. The first kappa shape index (κ1) is 18.0. The molecular weight excluding hydrogens is 359 g/mol. The molecule has 1 saturated carbocycles. The molecule has 2 unspecified atom stereocenters. The molecule has 1 aliphatic carbocycles. The highest BCUT2D eigenvalue weighted by atomic mass is 35.5. The monoisotopic (exact) mass is 375 g/mol. The molecule has 0 radical (unpaired) electrons. The summed E-state index contributed by atoms with van der Waals surface area (Å²) in [5.74, 6) is -1.95. The summed E-state index contributed by atoms with van der Waals surface area (Å²) >= 11 is 6.10. The summed E-state index contributed by atoms with van der Waals surface area (Å²) in [5, 5.41) is 9.33. The Bertz CT molecular complexity index is 730. The number of hydrogen-bond acceptors (Lipinski definition) is 2. The van der Waals surface area contributed by atoms with Gasteiger partial charge in [-0.1, -0.05) is 11.6 Å². The molecule has 1 N–H and O–H groups in total. The van der Waals surface area contributed by atoms with Crippen LogP contribution in [-0.2, 0) is 21.2 Å². The van der Waals surface area contributed by atoms with E-state index in [1.807, 2.05) is 0 Å². The zero-order valence-corrected chi connectivity index (χ0v) is 14.2. The molecule has 1 aromatic rings. The van der Waals surface area contributed by atoms with Crippen molar-refractivity contribution in [3.8, 4) is 0 Å². The van der Waals surface area contributed by atoms with Gasteiger partial charge < -0.3 is 10.0 Å². The number of likely N-dealkylation sites (tertiary alicyclic amines) is 1. The molecule has 25 heavy (non-hydrogen) atoms. The number of aliphatic carboxylic acids is 1. The molecule has 0 aromatic heterocycles. The van der Waals surface area contributed by atoms with Gasteiger partial charge in [-0.05, 0) is 49.9 Å². The third kappa shape index (κ3) is 2.99. The van der Waals surface area contributed by atoms with Crippen LogP contribution in [0.4, 0.5) is 13.2 Å². The van der Waals surface area contributed by atoms with Crippen LogP contribution in [0, 0.1) is 5.92 Å². The molecule has 1 saturated heterocycles. The van der Waals surface area contributed by atoms with Crippen LogP contribution in [0.2, 0.25) is 5.02 Å². The third-order valence-corrected chi connectivity index (χ3v) is 5.63. The maximum absolute atomic E-state index is 13.0. The molecule has 0 bridgehead atoms. The Labute approximate surface area is 147 Å². The molecule has 8 heteroatoms. The lowest BCUT2D eigenvalue weighted by atomic mass is 9.92. The lowest BCUT2D eigenvalue weighted by Crippen LogP contribution is -2.43. The summed E-state index contributed by atoms with van der Waals surface area (Å²) in [6, 6.07) is 2.51. The molecule has 0 spiro atoms. The van der Waals surface area contributed by atoms with Crippen LogP contribution in [0.1, 0.15) is 37.3 Å². The van der Waals surface area contributed by atoms with Crippen molar-refractivity contribution in [1.82, 2.24) is 4.90 Å². The zero-order valence-electron chi connectivity index (χ0n) is 13.4. The SMILES string of the molecule is CC1C(C(=O)O)CCN1C(=O)C1(c2cc(C(F)(F)F)ccc2Cl)CC1. The fraction of sp³-hybridized carbons (Fsp3) is 0.529. The Hall–Kier alpha value is -1.76. The second kappa shape index (κ2) is 5.90. The van der Waals surface area contributed by atoms with Gasteiger partial charge in [0.15, 0.2) is 0 Å². The lowest BCUT2D eigenvalue weighted by Gasteiger charge is -2.29. The van der Waals surface area contributed by atoms with E-state index in [1.165, 1.54) is 11.0 Å². The maximum atomic E-state index is 13.0. The third-order valence-electron chi connectivity index (χ3n) is 5.30. The minimum Gasteiger partial charge on any atom is -0.481 e. The molecule has 2 atom stereocenters. The van der Waals surface area contributed by atoms with E-state index in [4.69, 9.17) is 11.6 Å². The average molecular weight is 376 g/mol. The van der Waals surface area contributed by atoms with Crippen LogP contribution in [-0.4, -0.2) is 34.5 Å². The van der Waals surface area contributed by atoms with E-state index in [2.05, 4.69) is 0 Å². The summed E-state index contributed by atoms with van der Waals surface area (Å²) in [7, 11) is 0. The van der Waals surface area contributed by atoms with Crippen molar-refractivity contribution in [3.63, 3.8) is 0 Å². The van der Waals surface area contributed by atoms with Crippen molar-refractivity contribution in [2.45, 2.75) is 43.8 Å². The summed E-state index contributed by atoms with van der Waals surface area (Å²) < 4.78 is 39.0. The van der Waals surface area contributed by atoms with E-state index >= 15 is 0 Å². The average Bonchev–Trinajstić information content (AvgIpc) is 3.22. The van der Waals surface area contributed by atoms with Crippen molar-refractivity contribution < 1.29 is 27.9 Å². The zero-order chi connectivity index (χ0) is 18.6. The number of carboxylic acids is 1. The smallest absolute Gasteiger partial charge is 0.416 e.